The number of imide groups is 2. The third-order valence-electron chi connectivity index (χ3n) is 16.7. The molecule has 0 fully saturated rings. The van der Waals surface area contributed by atoms with E-state index in [1.54, 1.807) is 76.9 Å². The van der Waals surface area contributed by atoms with Crippen LogP contribution >= 0.6 is 0 Å². The second kappa shape index (κ2) is 63.4. The summed E-state index contributed by atoms with van der Waals surface area (Å²) in [5, 5.41) is 67.9. The molecule has 26 heteroatoms. The summed E-state index contributed by atoms with van der Waals surface area (Å²) in [6.07, 6.45) is 10.9. The molecule has 5 aromatic rings. The van der Waals surface area contributed by atoms with Crippen molar-refractivity contribution in [2.45, 2.75) is 141 Å². The lowest BCUT2D eigenvalue weighted by molar-refractivity contribution is -0.137. The fourth-order valence-corrected chi connectivity index (χ4v) is 10.5. The van der Waals surface area contributed by atoms with Gasteiger partial charge in [-0.2, -0.15) is 0 Å². The average molecular weight is 1520 g/mol. The van der Waals surface area contributed by atoms with Crippen LogP contribution in [0.2, 0.25) is 0 Å². The molecule has 0 unspecified atom stereocenters. The van der Waals surface area contributed by atoms with E-state index in [1.807, 2.05) is 133 Å². The van der Waals surface area contributed by atoms with Gasteiger partial charge in [0.1, 0.15) is 35.6 Å². The Labute approximate surface area is 644 Å². The fraction of sp³-hybridized carbons (Fsp3) is 0.573. The molecule has 11 N–H and O–H groups in total. The minimum absolute atomic E-state index is 0.0936. The number of carbonyl (C=O) groups excluding carboxylic acids is 4. The summed E-state index contributed by atoms with van der Waals surface area (Å²) in [4.78, 5) is 64.2. The number of nitrogens with one attached hydrogen (secondary N) is 5. The molecule has 608 valence electrons. The normalized spacial score (nSPS) is 13.0. The zero-order chi connectivity index (χ0) is 80.1. The number of methoxy groups -OCH3 is 3. The number of rotatable bonds is 47. The second-order valence-corrected chi connectivity index (χ2v) is 26.3. The number of hydrogen-bond acceptors (Lipinski definition) is 23. The highest BCUT2D eigenvalue weighted by Crippen LogP contribution is 2.24. The van der Waals surface area contributed by atoms with Gasteiger partial charge in [-0.05, 0) is 213 Å². The maximum absolute atomic E-state index is 12.0. The number of carbonyl (C=O) groups is 5. The predicted molar refractivity (Wildman–Crippen MR) is 426 cm³/mol. The summed E-state index contributed by atoms with van der Waals surface area (Å²) in [6.45, 7) is 10.6. The number of carboxylic acid groups (broad SMARTS) is 1. The highest BCUT2D eigenvalue weighted by Gasteiger charge is 2.36. The van der Waals surface area contributed by atoms with Crippen molar-refractivity contribution >= 4 is 29.6 Å². The van der Waals surface area contributed by atoms with Gasteiger partial charge in [-0.15, -0.1) is 0 Å². The van der Waals surface area contributed by atoms with Crippen molar-refractivity contribution in [1.82, 2.24) is 46.2 Å². The number of likely N-dealkylation sites (N-methyl/N-ethyl adjacent to an activating group) is 2. The lowest BCUT2D eigenvalue weighted by Gasteiger charge is -2.25. The van der Waals surface area contributed by atoms with Gasteiger partial charge in [0.2, 0.25) is 0 Å². The number of benzene rings is 5. The summed E-state index contributed by atoms with van der Waals surface area (Å²) in [7, 11) is 22.2. The van der Waals surface area contributed by atoms with Gasteiger partial charge in [0.05, 0.1) is 76.1 Å². The van der Waals surface area contributed by atoms with Crippen LogP contribution in [0.1, 0.15) is 154 Å². The van der Waals surface area contributed by atoms with Gasteiger partial charge in [-0.25, -0.2) is 0 Å². The van der Waals surface area contributed by atoms with Gasteiger partial charge in [0.25, 0.3) is 23.6 Å². The maximum Gasteiger partial charge on any atom is 0.303 e. The number of unbranched alkanes of at least 4 members (excludes halogenated alkanes) is 9. The molecule has 26 nitrogen and oxygen atoms in total. The molecule has 0 spiro atoms. The Morgan fingerprint density at radius 2 is 0.843 bits per heavy atom. The molecule has 7 rings (SSSR count). The van der Waals surface area contributed by atoms with E-state index in [4.69, 9.17) is 54.0 Å². The van der Waals surface area contributed by atoms with Crippen molar-refractivity contribution in [2.75, 3.05) is 170 Å². The standard InChI is InChI=1S/3C15H25NO2.C13H16N2O2.C12H14N2O2.C7H17NO5.C5H11NO2/c1-16-11-7-3-4-8-12-18-13-14-9-5-6-10-15(14)17-2;1-16-11-5-3-4-6-12-18-13-14-7-9-15(17-2)10-8-14;1-16-10-5-3-4-6-11-18-13-14-8-7-9-15(12-14)17-2;1-14(2)8-5-9-15-12(16)10-6-3-4-7-11(10)13(15)17;1-13(2)7-8-14-11(15)9-5-3-4-6-10(9)12(14)16;1-8-2-4(10)6(12)7(13)5(11)3-9;1-6-4-2-3-5(7)8/h5-6,9-10,16H,3-4,7-8,11-13H2,1-2H3;7-10,16H,3-6,11-13H2,1-2H3;7-9,12,16H,3-6,10-11,13H2,1-2H3;3-4,6-7H,5,8-9H2,1-2H3;3-6H,7-8H2,1-2H3;4-13H,2-3H2,1H3;6H,2-4H2,1H3,(H,7,8)/t;;;;;4-,5+,6+,7+;/m.....0./s1. The first-order chi connectivity index (χ1) is 52.1. The number of aliphatic carboxylic acids is 1. The van der Waals surface area contributed by atoms with Crippen LogP contribution in [0, 0.1) is 0 Å². The Morgan fingerprint density at radius 3 is 1.27 bits per heavy atom. The highest BCUT2D eigenvalue weighted by atomic mass is 16.5. The predicted octanol–water partition coefficient (Wildman–Crippen LogP) is 7.77. The molecule has 4 atom stereocenters. The summed E-state index contributed by atoms with van der Waals surface area (Å²) in [5.74, 6) is 1.29. The number of amides is 4. The Bertz CT molecular complexity index is 3060. The van der Waals surface area contributed by atoms with Crippen molar-refractivity contribution in [3.05, 3.63) is 160 Å². The first-order valence-corrected chi connectivity index (χ1v) is 37.7. The van der Waals surface area contributed by atoms with E-state index in [9.17, 15) is 29.1 Å². The van der Waals surface area contributed by atoms with Crippen LogP contribution in [0.5, 0.6) is 17.2 Å². The van der Waals surface area contributed by atoms with E-state index in [1.165, 1.54) is 78.7 Å². The number of carboxylic acids is 1. The molecule has 0 saturated heterocycles. The minimum atomic E-state index is -1.55. The maximum atomic E-state index is 12.0. The first kappa shape index (κ1) is 98.7. The first-order valence-electron chi connectivity index (χ1n) is 37.7. The van der Waals surface area contributed by atoms with Gasteiger partial charge in [-0.1, -0.05) is 105 Å². The lowest BCUT2D eigenvalue weighted by atomic mass is 10.0. The largest absolute Gasteiger partial charge is 0.497 e. The van der Waals surface area contributed by atoms with Crippen LogP contribution in [0.3, 0.4) is 0 Å². The monoisotopic (exact) mass is 1520 g/mol. The van der Waals surface area contributed by atoms with Crippen molar-refractivity contribution in [3.8, 4) is 17.2 Å². The van der Waals surface area contributed by atoms with E-state index in [2.05, 4.69) is 32.7 Å². The smallest absolute Gasteiger partial charge is 0.303 e. The topological polar surface area (TPSA) is 335 Å². The molecule has 2 aliphatic heterocycles. The average Bonchev–Trinajstić information content (AvgIpc) is 1.65. The molecule has 0 radical (unpaired) electrons. The van der Waals surface area contributed by atoms with Crippen molar-refractivity contribution < 1.29 is 83.0 Å². The van der Waals surface area contributed by atoms with Crippen LogP contribution in [-0.2, 0) is 38.8 Å². The summed E-state index contributed by atoms with van der Waals surface area (Å²) < 4.78 is 32.5. The Kier molecular flexibility index (Phi) is 57.9. The van der Waals surface area contributed by atoms with E-state index in [-0.39, 0.29) is 36.6 Å². The summed E-state index contributed by atoms with van der Waals surface area (Å²) in [5.41, 5.74) is 5.59. The number of hydrogen-bond donors (Lipinski definition) is 11. The van der Waals surface area contributed by atoms with Gasteiger partial charge in [-0.3, -0.25) is 33.8 Å². The number of aliphatic hydroxyl groups excluding tert-OH is 5. The Morgan fingerprint density at radius 1 is 0.426 bits per heavy atom. The quantitative estimate of drug-likeness (QED) is 0.0131. The molecule has 108 heavy (non-hydrogen) atoms. The Hall–Kier alpha value is -7.35. The van der Waals surface area contributed by atoms with Gasteiger partial charge in [0, 0.05) is 58.0 Å². The highest BCUT2D eigenvalue weighted by molar-refractivity contribution is 6.22. The van der Waals surface area contributed by atoms with Crippen molar-refractivity contribution in [1.29, 1.82) is 0 Å². The molecule has 2 heterocycles. The molecule has 0 aromatic heterocycles. The van der Waals surface area contributed by atoms with Crippen molar-refractivity contribution in [2.24, 2.45) is 0 Å². The number of ether oxygens (including phenoxy) is 6. The molecular formula is C82H133N9O17. The number of aliphatic hydroxyl groups is 5. The number of para-hydroxylation sites is 1. The molecule has 5 aromatic carbocycles. The lowest BCUT2D eigenvalue weighted by Crippen LogP contribution is -2.48. The number of fused-ring (bicyclic) bond motifs is 2. The van der Waals surface area contributed by atoms with Gasteiger partial charge >= 0.3 is 5.97 Å². The summed E-state index contributed by atoms with van der Waals surface area (Å²) in [6, 6.07) is 38.0. The minimum Gasteiger partial charge on any atom is -0.497 e. The van der Waals surface area contributed by atoms with Crippen LogP contribution in [0.25, 0.3) is 0 Å². The third kappa shape index (κ3) is 43.7. The summed E-state index contributed by atoms with van der Waals surface area (Å²) >= 11 is 0. The second-order valence-electron chi connectivity index (χ2n) is 26.3. The molecule has 0 saturated carbocycles. The molecule has 4 amide bonds. The van der Waals surface area contributed by atoms with Crippen LogP contribution in [0.4, 0.5) is 0 Å². The van der Waals surface area contributed by atoms with Gasteiger partial charge < -0.3 is 95.4 Å². The SMILES string of the molecule is CN(C)CCCN1C(=O)c2ccccc2C1=O.CN(C)CCN1C(=O)c2ccccc2C1=O.CNCCCC(=O)O.CNCCCCCCOCc1ccc(OC)cc1.CNCCCCCCOCc1cccc(OC)c1.CNCCCCCCOCc1ccccc1OC.CNC[C@H](O)[C@@H](O)[C@H](O)[C@H](O)CO. The zero-order valence-electron chi connectivity index (χ0n) is 66.7. The van der Waals surface area contributed by atoms with E-state index < -0.39 is 37.0 Å². The Balaban J connectivity index is 0.000000637. The molecule has 0 bridgehead atoms. The molecular weight excluding hydrogens is 1380 g/mol. The molecule has 0 aliphatic carbocycles. The zero-order valence-corrected chi connectivity index (χ0v) is 66.7. The van der Waals surface area contributed by atoms with Crippen molar-refractivity contribution in [3.63, 3.8) is 0 Å². The van der Waals surface area contributed by atoms with E-state index in [0.29, 0.717) is 68.1 Å². The van der Waals surface area contributed by atoms with E-state index >= 15 is 0 Å². The van der Waals surface area contributed by atoms with Crippen LogP contribution in [0.15, 0.2) is 121 Å². The molecule has 2 aliphatic rings. The van der Waals surface area contributed by atoms with E-state index in [0.717, 1.165) is 101 Å². The fourth-order valence-electron chi connectivity index (χ4n) is 10.5. The number of nitrogens with zero attached hydrogens (tertiary/aromatic N) is 4. The van der Waals surface area contributed by atoms with Crippen LogP contribution in [-0.4, -0.2) is 274 Å². The van der Waals surface area contributed by atoms with Gasteiger partial charge in [0.15, 0.2) is 0 Å². The third-order valence-corrected chi connectivity index (χ3v) is 16.7. The van der Waals surface area contributed by atoms with Crippen LogP contribution < -0.4 is 40.8 Å².